The van der Waals surface area contributed by atoms with E-state index in [9.17, 15) is 9.59 Å². The van der Waals surface area contributed by atoms with E-state index in [0.717, 1.165) is 23.3 Å². The Morgan fingerprint density at radius 1 is 1.41 bits per heavy atom. The molecule has 4 rings (SSSR count). The molecule has 0 spiro atoms. The van der Waals surface area contributed by atoms with E-state index in [1.54, 1.807) is 0 Å². The largest absolute Gasteiger partial charge is 0.479 e. The molecule has 1 aliphatic heterocycles. The minimum atomic E-state index is -0.733. The van der Waals surface area contributed by atoms with Gasteiger partial charge in [-0.05, 0) is 24.2 Å². The SMILES string of the molecule is CC[C@@H]1C[C@@H](OC(=S)Cc2ccccc2)[C@H](n2c(=O)sc3c(=O)[nH]c(N)nc32)O1. The van der Waals surface area contributed by atoms with Crippen molar-refractivity contribution < 1.29 is 9.47 Å². The van der Waals surface area contributed by atoms with Crippen LogP contribution >= 0.6 is 23.6 Å². The number of nitrogens with zero attached hydrogens (tertiary/aromatic N) is 2. The number of aromatic amines is 1. The summed E-state index contributed by atoms with van der Waals surface area (Å²) in [6, 6.07) is 9.77. The number of rotatable bonds is 5. The van der Waals surface area contributed by atoms with Gasteiger partial charge in [-0.25, -0.2) is 0 Å². The van der Waals surface area contributed by atoms with Crippen LogP contribution in [0.15, 0.2) is 39.9 Å². The Bertz CT molecular complexity index is 1150. The molecule has 1 saturated heterocycles. The number of thiazole rings is 1. The molecule has 2 aromatic heterocycles. The van der Waals surface area contributed by atoms with Crippen LogP contribution in [-0.4, -0.2) is 31.8 Å². The van der Waals surface area contributed by atoms with Crippen molar-refractivity contribution in [1.82, 2.24) is 14.5 Å². The molecule has 10 heteroatoms. The van der Waals surface area contributed by atoms with Gasteiger partial charge in [0.2, 0.25) is 5.95 Å². The molecule has 3 atom stereocenters. The molecule has 1 fully saturated rings. The molecule has 1 aliphatic rings. The Balaban J connectivity index is 1.66. The minimum absolute atomic E-state index is 0.0591. The maximum Gasteiger partial charge on any atom is 0.311 e. The summed E-state index contributed by atoms with van der Waals surface area (Å²) >= 11 is 6.26. The maximum atomic E-state index is 12.7. The molecular weight excluding hydrogens is 412 g/mol. The van der Waals surface area contributed by atoms with E-state index in [1.165, 1.54) is 4.57 Å². The number of H-pyrrole nitrogens is 1. The fraction of sp³-hybridized carbons (Fsp3) is 0.368. The molecule has 152 valence electrons. The van der Waals surface area contributed by atoms with E-state index < -0.39 is 17.9 Å². The van der Waals surface area contributed by atoms with Crippen molar-refractivity contribution in [2.45, 2.75) is 44.6 Å². The lowest BCUT2D eigenvalue weighted by atomic mass is 10.1. The number of benzene rings is 1. The summed E-state index contributed by atoms with van der Waals surface area (Å²) < 4.78 is 13.7. The Morgan fingerprint density at radius 2 is 2.17 bits per heavy atom. The number of aromatic nitrogens is 3. The van der Waals surface area contributed by atoms with Crippen molar-refractivity contribution in [2.24, 2.45) is 0 Å². The van der Waals surface area contributed by atoms with Crippen molar-refractivity contribution in [3.05, 3.63) is 55.9 Å². The number of hydrogen-bond donors (Lipinski definition) is 2. The van der Waals surface area contributed by atoms with Gasteiger partial charge < -0.3 is 15.2 Å². The lowest BCUT2D eigenvalue weighted by Gasteiger charge is -2.21. The third-order valence-corrected chi connectivity index (χ3v) is 6.00. The quantitative estimate of drug-likeness (QED) is 0.595. The van der Waals surface area contributed by atoms with E-state index in [-0.39, 0.29) is 27.3 Å². The molecule has 1 aromatic carbocycles. The second-order valence-electron chi connectivity index (χ2n) is 6.83. The summed E-state index contributed by atoms with van der Waals surface area (Å²) in [7, 11) is 0. The first-order valence-electron chi connectivity index (χ1n) is 9.26. The molecule has 3 aromatic rings. The second kappa shape index (κ2) is 8.05. The fourth-order valence-electron chi connectivity index (χ4n) is 3.46. The van der Waals surface area contributed by atoms with Gasteiger partial charge >= 0.3 is 4.87 Å². The van der Waals surface area contributed by atoms with E-state index >= 15 is 0 Å². The van der Waals surface area contributed by atoms with Crippen molar-refractivity contribution in [3.63, 3.8) is 0 Å². The summed E-state index contributed by atoms with van der Waals surface area (Å²) in [4.78, 5) is 31.1. The maximum absolute atomic E-state index is 12.7. The topological polar surface area (TPSA) is 112 Å². The zero-order valence-electron chi connectivity index (χ0n) is 15.7. The summed E-state index contributed by atoms with van der Waals surface area (Å²) in [5.41, 5.74) is 6.48. The number of anilines is 1. The molecule has 3 N–H and O–H groups in total. The Labute approximate surface area is 175 Å². The van der Waals surface area contributed by atoms with Gasteiger partial charge in [-0.15, -0.1) is 0 Å². The van der Waals surface area contributed by atoms with Gasteiger partial charge in [0.15, 0.2) is 16.9 Å². The average molecular weight is 433 g/mol. The minimum Gasteiger partial charge on any atom is -0.479 e. The molecular formula is C19H20N4O4S2. The summed E-state index contributed by atoms with van der Waals surface area (Å²) in [6.07, 6.45) is 0.538. The van der Waals surface area contributed by atoms with Crippen LogP contribution in [-0.2, 0) is 15.9 Å². The van der Waals surface area contributed by atoms with E-state index in [2.05, 4.69) is 9.97 Å². The van der Waals surface area contributed by atoms with E-state index in [0.29, 0.717) is 17.9 Å². The first-order valence-corrected chi connectivity index (χ1v) is 10.5. The van der Waals surface area contributed by atoms with Gasteiger partial charge in [0.1, 0.15) is 10.8 Å². The van der Waals surface area contributed by atoms with Crippen LogP contribution < -0.4 is 16.2 Å². The average Bonchev–Trinajstić information content (AvgIpc) is 3.22. The van der Waals surface area contributed by atoms with Crippen molar-refractivity contribution >= 4 is 44.9 Å². The van der Waals surface area contributed by atoms with Gasteiger partial charge in [0.05, 0.1) is 6.10 Å². The highest BCUT2D eigenvalue weighted by Crippen LogP contribution is 2.34. The molecule has 0 bridgehead atoms. The standard InChI is InChI=1S/C19H20N4O4S2/c1-2-11-9-12(27-13(28)8-10-6-4-3-5-7-10)17(26-11)23-15-14(29-19(23)25)16(24)22-18(20)21-15/h3-7,11-12,17H,2,8-9H2,1H3,(H3,20,21,22,24)/t11-,12-,17-/m1/s1. The molecule has 0 unspecified atom stereocenters. The highest BCUT2D eigenvalue weighted by molar-refractivity contribution is 7.80. The highest BCUT2D eigenvalue weighted by Gasteiger charge is 2.40. The smallest absolute Gasteiger partial charge is 0.311 e. The number of fused-ring (bicyclic) bond motifs is 1. The fourth-order valence-corrected chi connectivity index (χ4v) is 4.59. The van der Waals surface area contributed by atoms with Gasteiger partial charge in [0, 0.05) is 12.8 Å². The van der Waals surface area contributed by atoms with Gasteiger partial charge in [-0.1, -0.05) is 48.6 Å². The molecule has 3 heterocycles. The molecule has 0 saturated carbocycles. The predicted molar refractivity (Wildman–Crippen MR) is 115 cm³/mol. The van der Waals surface area contributed by atoms with Gasteiger partial charge in [0.25, 0.3) is 5.56 Å². The first kappa shape index (κ1) is 19.7. The zero-order chi connectivity index (χ0) is 20.5. The van der Waals surface area contributed by atoms with Gasteiger partial charge in [-0.2, -0.15) is 4.98 Å². The number of ether oxygens (including phenoxy) is 2. The van der Waals surface area contributed by atoms with Crippen LogP contribution in [0.25, 0.3) is 10.3 Å². The summed E-state index contributed by atoms with van der Waals surface area (Å²) in [6.45, 7) is 2.00. The molecule has 0 radical (unpaired) electrons. The van der Waals surface area contributed by atoms with E-state index in [1.807, 2.05) is 37.3 Å². The Morgan fingerprint density at radius 3 is 2.90 bits per heavy atom. The third-order valence-electron chi connectivity index (χ3n) is 4.82. The number of hydrogen-bond acceptors (Lipinski definition) is 8. The third kappa shape index (κ3) is 3.96. The lowest BCUT2D eigenvalue weighted by molar-refractivity contribution is -0.0325. The van der Waals surface area contributed by atoms with Crippen LogP contribution in [0.5, 0.6) is 0 Å². The lowest BCUT2D eigenvalue weighted by Crippen LogP contribution is -2.30. The molecule has 8 nitrogen and oxygen atoms in total. The van der Waals surface area contributed by atoms with E-state index in [4.69, 9.17) is 27.4 Å². The molecule has 29 heavy (non-hydrogen) atoms. The molecule has 0 amide bonds. The highest BCUT2D eigenvalue weighted by atomic mass is 32.1. The second-order valence-corrected chi connectivity index (χ2v) is 8.24. The summed E-state index contributed by atoms with van der Waals surface area (Å²) in [5, 5.41) is 0.421. The monoisotopic (exact) mass is 432 g/mol. The normalized spacial score (nSPS) is 21.5. The van der Waals surface area contributed by atoms with Crippen LogP contribution in [0.3, 0.4) is 0 Å². The number of nitrogens with two attached hydrogens (primary N) is 1. The van der Waals surface area contributed by atoms with Crippen LogP contribution in [0.2, 0.25) is 0 Å². The predicted octanol–water partition coefficient (Wildman–Crippen LogP) is 2.38. The van der Waals surface area contributed by atoms with Crippen LogP contribution in [0.4, 0.5) is 5.95 Å². The van der Waals surface area contributed by atoms with Crippen molar-refractivity contribution in [2.75, 3.05) is 5.73 Å². The van der Waals surface area contributed by atoms with Crippen LogP contribution in [0.1, 0.15) is 31.6 Å². The van der Waals surface area contributed by atoms with Crippen molar-refractivity contribution in [3.8, 4) is 0 Å². The summed E-state index contributed by atoms with van der Waals surface area (Å²) in [5.74, 6) is -0.0591. The zero-order valence-corrected chi connectivity index (χ0v) is 17.3. The molecule has 0 aliphatic carbocycles. The number of nitrogen functional groups attached to an aromatic ring is 1. The Hall–Kier alpha value is -2.56. The number of thiocarbonyl (C=S) groups is 1. The Kier molecular flexibility index (Phi) is 5.48. The van der Waals surface area contributed by atoms with Crippen molar-refractivity contribution in [1.29, 1.82) is 0 Å². The van der Waals surface area contributed by atoms with Crippen LogP contribution in [0, 0.1) is 0 Å². The first-order chi connectivity index (χ1) is 14.0. The van der Waals surface area contributed by atoms with Gasteiger partial charge in [-0.3, -0.25) is 19.1 Å². The number of nitrogens with one attached hydrogen (secondary N) is 1.